The van der Waals surface area contributed by atoms with E-state index in [1.54, 1.807) is 37.2 Å². The van der Waals surface area contributed by atoms with Crippen LogP contribution in [-0.4, -0.2) is 64.9 Å². The normalized spacial score (nSPS) is 16.5. The maximum absolute atomic E-state index is 13.0. The molecule has 1 saturated heterocycles. The Morgan fingerprint density at radius 3 is 2.69 bits per heavy atom. The summed E-state index contributed by atoms with van der Waals surface area (Å²) < 4.78 is 27.4. The summed E-state index contributed by atoms with van der Waals surface area (Å²) in [7, 11) is -3.62. The summed E-state index contributed by atoms with van der Waals surface area (Å²) in [5.74, 6) is -0.00656. The van der Waals surface area contributed by atoms with E-state index >= 15 is 0 Å². The van der Waals surface area contributed by atoms with Gasteiger partial charge in [-0.25, -0.2) is 8.42 Å². The van der Waals surface area contributed by atoms with Gasteiger partial charge in [-0.1, -0.05) is 6.07 Å². The monoisotopic (exact) mass is 377 g/mol. The molecule has 1 amide bonds. The van der Waals surface area contributed by atoms with Crippen molar-refractivity contribution < 1.29 is 13.2 Å². The van der Waals surface area contributed by atoms with Crippen molar-refractivity contribution in [2.75, 3.05) is 26.2 Å². The first-order valence-electron chi connectivity index (χ1n) is 8.58. The van der Waals surface area contributed by atoms with Crippen molar-refractivity contribution in [3.05, 3.63) is 41.5 Å². The predicted octanol–water partition coefficient (Wildman–Crippen LogP) is 0.887. The van der Waals surface area contributed by atoms with E-state index in [0.717, 1.165) is 5.56 Å². The molecule has 2 aromatic rings. The number of sulfonamides is 1. The molecule has 3 heterocycles. The van der Waals surface area contributed by atoms with Crippen LogP contribution < -0.4 is 0 Å². The van der Waals surface area contributed by atoms with Gasteiger partial charge >= 0.3 is 0 Å². The summed E-state index contributed by atoms with van der Waals surface area (Å²) in [5.41, 5.74) is 1.86. The van der Waals surface area contributed by atoms with Crippen LogP contribution >= 0.6 is 0 Å². The zero-order valence-electron chi connectivity index (χ0n) is 15.0. The fraction of sp³-hybridized carbons (Fsp3) is 0.471. The number of carbonyl (C=O) groups is 1. The Kier molecular flexibility index (Phi) is 5.38. The second-order valence-corrected chi connectivity index (χ2v) is 8.31. The number of rotatable bonds is 4. The largest absolute Gasteiger partial charge is 0.341 e. The van der Waals surface area contributed by atoms with Gasteiger partial charge in [-0.05, 0) is 31.9 Å². The number of aromatic nitrogens is 3. The van der Waals surface area contributed by atoms with Crippen molar-refractivity contribution in [2.45, 2.75) is 31.6 Å². The maximum Gasteiger partial charge on any atom is 0.246 e. The van der Waals surface area contributed by atoms with Gasteiger partial charge in [-0.2, -0.15) is 9.40 Å². The number of amides is 1. The summed E-state index contributed by atoms with van der Waals surface area (Å²) in [5, 5.41) is 6.72. The van der Waals surface area contributed by atoms with Crippen molar-refractivity contribution in [2.24, 2.45) is 0 Å². The zero-order chi connectivity index (χ0) is 18.7. The zero-order valence-corrected chi connectivity index (χ0v) is 15.8. The molecule has 0 spiro atoms. The van der Waals surface area contributed by atoms with Gasteiger partial charge in [0.05, 0.1) is 17.8 Å². The minimum atomic E-state index is -3.62. The van der Waals surface area contributed by atoms with E-state index in [1.165, 1.54) is 4.31 Å². The lowest BCUT2D eigenvalue weighted by molar-refractivity contribution is -0.130. The highest BCUT2D eigenvalue weighted by Gasteiger charge is 2.31. The molecule has 0 radical (unpaired) electrons. The fourth-order valence-electron chi connectivity index (χ4n) is 3.22. The number of H-pyrrole nitrogens is 1. The lowest BCUT2D eigenvalue weighted by Crippen LogP contribution is -2.38. The Bertz CT molecular complexity index is 860. The van der Waals surface area contributed by atoms with Crippen molar-refractivity contribution >= 4 is 15.9 Å². The Hall–Kier alpha value is -2.26. The fourth-order valence-corrected chi connectivity index (χ4v) is 5.02. The number of carbonyl (C=O) groups excluding carboxylic acids is 1. The summed E-state index contributed by atoms with van der Waals surface area (Å²) in [6.45, 7) is 4.99. The van der Waals surface area contributed by atoms with Gasteiger partial charge in [0, 0.05) is 38.6 Å². The van der Waals surface area contributed by atoms with E-state index in [4.69, 9.17) is 0 Å². The maximum atomic E-state index is 13.0. The van der Waals surface area contributed by atoms with Crippen LogP contribution in [0, 0.1) is 13.8 Å². The summed E-state index contributed by atoms with van der Waals surface area (Å²) in [6, 6.07) is 3.67. The number of hydrogen-bond acceptors (Lipinski definition) is 5. The number of pyridine rings is 1. The molecule has 1 fully saturated rings. The predicted molar refractivity (Wildman–Crippen MR) is 96.0 cm³/mol. The smallest absolute Gasteiger partial charge is 0.246 e. The first-order valence-corrected chi connectivity index (χ1v) is 10.0. The molecule has 0 aliphatic carbocycles. The van der Waals surface area contributed by atoms with Gasteiger partial charge in [0.1, 0.15) is 4.90 Å². The van der Waals surface area contributed by atoms with Gasteiger partial charge in [0.15, 0.2) is 0 Å². The number of hydrogen-bond donors (Lipinski definition) is 1. The molecule has 1 aliphatic heterocycles. The standard InChI is InChI=1S/C17H23N5O3S/c1-13-17(14(2)20-19-13)26(24,25)22-8-4-7-21(9-10-22)16(23)11-15-5-3-6-18-12-15/h3,5-6,12H,4,7-11H2,1-2H3,(H,19,20). The summed E-state index contributed by atoms with van der Waals surface area (Å²) in [4.78, 5) is 18.5. The van der Waals surface area contributed by atoms with E-state index in [-0.39, 0.29) is 23.8 Å². The molecule has 0 unspecified atom stereocenters. The molecule has 2 aromatic heterocycles. The molecule has 0 bridgehead atoms. The molecule has 0 aromatic carbocycles. The van der Waals surface area contributed by atoms with Crippen LogP contribution in [0.2, 0.25) is 0 Å². The summed E-state index contributed by atoms with van der Waals surface area (Å²) >= 11 is 0. The average Bonchev–Trinajstić information content (AvgIpc) is 2.82. The Morgan fingerprint density at radius 1 is 1.23 bits per heavy atom. The topological polar surface area (TPSA) is 99.3 Å². The van der Waals surface area contributed by atoms with Crippen molar-refractivity contribution in [1.29, 1.82) is 0 Å². The van der Waals surface area contributed by atoms with Gasteiger partial charge in [0.25, 0.3) is 0 Å². The second-order valence-electron chi connectivity index (χ2n) is 6.44. The van der Waals surface area contributed by atoms with Gasteiger partial charge in [-0.15, -0.1) is 0 Å². The first kappa shape index (κ1) is 18.5. The molecular formula is C17H23N5O3S. The Labute approximate surface area is 153 Å². The molecular weight excluding hydrogens is 354 g/mol. The molecule has 140 valence electrons. The minimum Gasteiger partial charge on any atom is -0.341 e. The molecule has 1 aliphatic rings. The van der Waals surface area contributed by atoms with Crippen molar-refractivity contribution in [1.82, 2.24) is 24.4 Å². The minimum absolute atomic E-state index is 0.00656. The number of aromatic amines is 1. The van der Waals surface area contributed by atoms with Crippen LogP contribution in [0.4, 0.5) is 0 Å². The summed E-state index contributed by atoms with van der Waals surface area (Å²) in [6.07, 6.45) is 4.23. The van der Waals surface area contributed by atoms with Gasteiger partial charge < -0.3 is 4.90 Å². The molecule has 8 nitrogen and oxygen atoms in total. The van der Waals surface area contributed by atoms with Crippen LogP contribution in [0.1, 0.15) is 23.4 Å². The third kappa shape index (κ3) is 3.78. The van der Waals surface area contributed by atoms with Crippen LogP contribution in [-0.2, 0) is 21.2 Å². The van der Waals surface area contributed by atoms with Crippen LogP contribution in [0.3, 0.4) is 0 Å². The highest BCUT2D eigenvalue weighted by atomic mass is 32.2. The van der Waals surface area contributed by atoms with Crippen molar-refractivity contribution in [3.63, 3.8) is 0 Å². The van der Waals surface area contributed by atoms with E-state index in [1.807, 2.05) is 6.07 Å². The third-order valence-electron chi connectivity index (χ3n) is 4.54. The van der Waals surface area contributed by atoms with Crippen LogP contribution in [0.15, 0.2) is 29.4 Å². The van der Waals surface area contributed by atoms with Crippen LogP contribution in [0.25, 0.3) is 0 Å². The second kappa shape index (κ2) is 7.55. The van der Waals surface area contributed by atoms with E-state index in [0.29, 0.717) is 37.4 Å². The van der Waals surface area contributed by atoms with Gasteiger partial charge in [0.2, 0.25) is 15.9 Å². The van der Waals surface area contributed by atoms with Crippen molar-refractivity contribution in [3.8, 4) is 0 Å². The lowest BCUT2D eigenvalue weighted by atomic mass is 10.2. The number of nitrogens with zero attached hydrogens (tertiary/aromatic N) is 4. The third-order valence-corrected chi connectivity index (χ3v) is 6.71. The molecule has 9 heteroatoms. The molecule has 1 N–H and O–H groups in total. The molecule has 26 heavy (non-hydrogen) atoms. The first-order chi connectivity index (χ1) is 12.4. The Morgan fingerprint density at radius 2 is 2.04 bits per heavy atom. The van der Waals surface area contributed by atoms with E-state index < -0.39 is 10.0 Å². The molecule has 0 atom stereocenters. The van der Waals surface area contributed by atoms with Crippen LogP contribution in [0.5, 0.6) is 0 Å². The highest BCUT2D eigenvalue weighted by Crippen LogP contribution is 2.22. The van der Waals surface area contributed by atoms with Gasteiger partial charge in [-0.3, -0.25) is 14.9 Å². The molecule has 3 rings (SSSR count). The SMILES string of the molecule is Cc1n[nH]c(C)c1S(=O)(=O)N1CCCN(C(=O)Cc2cccnc2)CC1. The highest BCUT2D eigenvalue weighted by molar-refractivity contribution is 7.89. The number of aryl methyl sites for hydroxylation is 2. The van der Waals surface area contributed by atoms with E-state index in [2.05, 4.69) is 15.2 Å². The van der Waals surface area contributed by atoms with E-state index in [9.17, 15) is 13.2 Å². The average molecular weight is 377 g/mol. The Balaban J connectivity index is 1.69. The quantitative estimate of drug-likeness (QED) is 0.853. The molecule has 0 saturated carbocycles. The lowest BCUT2D eigenvalue weighted by Gasteiger charge is -2.22. The number of nitrogens with one attached hydrogen (secondary N) is 1.